The maximum Gasteiger partial charge on any atom is 0.115 e. The number of epoxide rings is 1. The van der Waals surface area contributed by atoms with Crippen LogP contribution in [0.3, 0.4) is 0 Å². The number of phenolic OH excluding ortho intramolecular Hbond substituents is 1. The van der Waals surface area contributed by atoms with E-state index in [-0.39, 0.29) is 5.75 Å². The van der Waals surface area contributed by atoms with Crippen molar-refractivity contribution in [3.05, 3.63) is 24.3 Å². The maximum absolute atomic E-state index is 8.70. The summed E-state index contributed by atoms with van der Waals surface area (Å²) >= 11 is 0. The number of anilines is 1. The van der Waals surface area contributed by atoms with Gasteiger partial charge in [0.1, 0.15) is 5.75 Å². The topological polar surface area (TPSA) is 84.8 Å². The Bertz CT molecular complexity index is 223. The van der Waals surface area contributed by atoms with Crippen molar-refractivity contribution in [1.82, 2.24) is 0 Å². The zero-order valence-corrected chi connectivity index (χ0v) is 7.31. The first-order chi connectivity index (χ1) is 6.22. The summed E-state index contributed by atoms with van der Waals surface area (Å²) in [6, 6.07) is 6.40. The van der Waals surface area contributed by atoms with E-state index in [0.29, 0.717) is 18.3 Å². The number of aromatic hydroxyl groups is 1. The van der Waals surface area contributed by atoms with Crippen LogP contribution in [0, 0.1) is 0 Å². The summed E-state index contributed by atoms with van der Waals surface area (Å²) in [5, 5.41) is 8.70. The second kappa shape index (κ2) is 4.69. The molecule has 0 aliphatic carbocycles. The van der Waals surface area contributed by atoms with Crippen LogP contribution in [0.25, 0.3) is 0 Å². The van der Waals surface area contributed by atoms with Gasteiger partial charge in [-0.3, -0.25) is 0 Å². The van der Waals surface area contributed by atoms with Crippen LogP contribution in [0.15, 0.2) is 24.3 Å². The highest BCUT2D eigenvalue weighted by Gasteiger charge is 2.18. The number of phenols is 1. The summed E-state index contributed by atoms with van der Waals surface area (Å²) in [6.07, 6.45) is 0.412. The molecule has 0 saturated carbocycles. The highest BCUT2D eigenvalue weighted by Crippen LogP contribution is 2.09. The summed E-state index contributed by atoms with van der Waals surface area (Å²) in [5.41, 5.74) is 11.1. The van der Waals surface area contributed by atoms with E-state index in [0.717, 1.165) is 6.61 Å². The third-order valence-electron chi connectivity index (χ3n) is 1.56. The maximum atomic E-state index is 8.70. The Morgan fingerprint density at radius 1 is 1.38 bits per heavy atom. The summed E-state index contributed by atoms with van der Waals surface area (Å²) in [6.45, 7) is 1.58. The van der Waals surface area contributed by atoms with Gasteiger partial charge in [0.2, 0.25) is 0 Å². The Labute approximate surface area is 77.1 Å². The van der Waals surface area contributed by atoms with Crippen molar-refractivity contribution in [2.24, 2.45) is 5.73 Å². The Morgan fingerprint density at radius 2 is 1.92 bits per heavy atom. The molecule has 1 aliphatic rings. The van der Waals surface area contributed by atoms with E-state index in [1.807, 2.05) is 0 Å². The minimum absolute atomic E-state index is 0.249. The number of benzene rings is 1. The molecule has 0 radical (unpaired) electrons. The van der Waals surface area contributed by atoms with Gasteiger partial charge in [0.05, 0.1) is 12.7 Å². The van der Waals surface area contributed by atoms with Gasteiger partial charge >= 0.3 is 0 Å². The molecule has 1 aliphatic heterocycles. The molecule has 72 valence electrons. The van der Waals surface area contributed by atoms with Gasteiger partial charge < -0.3 is 21.3 Å². The average molecular weight is 182 g/mol. The normalized spacial score (nSPS) is 18.7. The van der Waals surface area contributed by atoms with E-state index in [1.54, 1.807) is 24.3 Å². The van der Waals surface area contributed by atoms with Crippen molar-refractivity contribution in [2.45, 2.75) is 6.10 Å². The first-order valence-corrected chi connectivity index (χ1v) is 4.08. The molecule has 4 heteroatoms. The minimum Gasteiger partial charge on any atom is -0.508 e. The molecule has 4 nitrogen and oxygen atoms in total. The molecule has 1 unspecified atom stereocenters. The number of ether oxygens (including phenoxy) is 1. The number of nitrogen functional groups attached to an aromatic ring is 1. The van der Waals surface area contributed by atoms with Crippen molar-refractivity contribution in [2.75, 3.05) is 18.9 Å². The van der Waals surface area contributed by atoms with Crippen LogP contribution in [0.5, 0.6) is 5.75 Å². The highest BCUT2D eigenvalue weighted by molar-refractivity contribution is 5.40. The highest BCUT2D eigenvalue weighted by atomic mass is 16.6. The van der Waals surface area contributed by atoms with Crippen LogP contribution < -0.4 is 11.5 Å². The molecule has 0 amide bonds. The number of rotatable bonds is 1. The Balaban J connectivity index is 0.000000145. The molecule has 1 aromatic rings. The van der Waals surface area contributed by atoms with Crippen molar-refractivity contribution in [1.29, 1.82) is 0 Å². The fraction of sp³-hybridized carbons (Fsp3) is 0.333. The summed E-state index contributed by atoms with van der Waals surface area (Å²) in [4.78, 5) is 0. The third-order valence-corrected chi connectivity index (χ3v) is 1.56. The Hall–Kier alpha value is -1.26. The van der Waals surface area contributed by atoms with Gasteiger partial charge in [-0.05, 0) is 24.3 Å². The summed E-state index contributed by atoms with van der Waals surface area (Å²) < 4.78 is 4.73. The fourth-order valence-electron chi connectivity index (χ4n) is 0.678. The smallest absolute Gasteiger partial charge is 0.115 e. The largest absolute Gasteiger partial charge is 0.508 e. The van der Waals surface area contributed by atoms with E-state index >= 15 is 0 Å². The van der Waals surface area contributed by atoms with Gasteiger partial charge in [0.15, 0.2) is 0 Å². The lowest BCUT2D eigenvalue weighted by molar-refractivity contribution is 0.412. The second-order valence-corrected chi connectivity index (χ2v) is 2.78. The number of hydrogen-bond donors (Lipinski definition) is 3. The van der Waals surface area contributed by atoms with E-state index in [1.165, 1.54) is 0 Å². The average Bonchev–Trinajstić information content (AvgIpc) is 2.94. The Kier molecular flexibility index (Phi) is 3.54. The molecule has 0 spiro atoms. The van der Waals surface area contributed by atoms with Crippen LogP contribution in [-0.4, -0.2) is 24.4 Å². The van der Waals surface area contributed by atoms with Gasteiger partial charge in [-0.15, -0.1) is 0 Å². The lowest BCUT2D eigenvalue weighted by atomic mass is 10.3. The molecule has 1 atom stereocenters. The molecule has 2 rings (SSSR count). The quantitative estimate of drug-likeness (QED) is 0.331. The van der Waals surface area contributed by atoms with Gasteiger partial charge in [-0.25, -0.2) is 0 Å². The molecule has 5 N–H and O–H groups in total. The second-order valence-electron chi connectivity index (χ2n) is 2.78. The first kappa shape index (κ1) is 9.83. The van der Waals surface area contributed by atoms with Gasteiger partial charge in [0.25, 0.3) is 0 Å². The van der Waals surface area contributed by atoms with Crippen molar-refractivity contribution < 1.29 is 9.84 Å². The van der Waals surface area contributed by atoms with Crippen LogP contribution in [-0.2, 0) is 4.74 Å². The molecule has 1 saturated heterocycles. The van der Waals surface area contributed by atoms with Gasteiger partial charge in [-0.1, -0.05) is 0 Å². The van der Waals surface area contributed by atoms with E-state index < -0.39 is 0 Å². The molecule has 0 aromatic heterocycles. The van der Waals surface area contributed by atoms with Crippen molar-refractivity contribution in [3.63, 3.8) is 0 Å². The van der Waals surface area contributed by atoms with Crippen LogP contribution in [0.2, 0.25) is 0 Å². The molecular formula is C9H14N2O2. The summed E-state index contributed by atoms with van der Waals surface area (Å²) in [5.74, 6) is 0.249. The number of hydrogen-bond acceptors (Lipinski definition) is 4. The lowest BCUT2D eigenvalue weighted by Gasteiger charge is -1.89. The Morgan fingerprint density at radius 3 is 2.15 bits per heavy atom. The molecule has 0 bridgehead atoms. The van der Waals surface area contributed by atoms with E-state index in [9.17, 15) is 0 Å². The van der Waals surface area contributed by atoms with E-state index in [4.69, 9.17) is 21.3 Å². The van der Waals surface area contributed by atoms with E-state index in [2.05, 4.69) is 0 Å². The predicted molar refractivity (Wildman–Crippen MR) is 51.3 cm³/mol. The third kappa shape index (κ3) is 4.35. The SMILES string of the molecule is NCC1CO1.Nc1ccc(O)cc1. The van der Waals surface area contributed by atoms with Crippen molar-refractivity contribution in [3.8, 4) is 5.75 Å². The predicted octanol–water partition coefficient (Wildman–Crippen LogP) is 0.318. The van der Waals surface area contributed by atoms with Crippen molar-refractivity contribution >= 4 is 5.69 Å². The minimum atomic E-state index is 0.249. The molecule has 1 aromatic carbocycles. The molecular weight excluding hydrogens is 168 g/mol. The van der Waals surface area contributed by atoms with Crippen LogP contribution >= 0.6 is 0 Å². The zero-order chi connectivity index (χ0) is 9.68. The van der Waals surface area contributed by atoms with Gasteiger partial charge in [0, 0.05) is 12.2 Å². The lowest BCUT2D eigenvalue weighted by Crippen LogP contribution is -2.05. The standard InChI is InChI=1S/C6H7NO.C3H7NO/c7-5-1-3-6(8)4-2-5;4-1-3-2-5-3/h1-4,8H,7H2;3H,1-2,4H2. The van der Waals surface area contributed by atoms with Crippen LogP contribution in [0.1, 0.15) is 0 Å². The number of nitrogens with two attached hydrogens (primary N) is 2. The molecule has 13 heavy (non-hydrogen) atoms. The first-order valence-electron chi connectivity index (χ1n) is 4.08. The molecule has 1 heterocycles. The zero-order valence-electron chi connectivity index (χ0n) is 7.31. The monoisotopic (exact) mass is 182 g/mol. The van der Waals surface area contributed by atoms with Gasteiger partial charge in [-0.2, -0.15) is 0 Å². The molecule has 1 fully saturated rings. The van der Waals surface area contributed by atoms with Crippen LogP contribution in [0.4, 0.5) is 5.69 Å². The summed E-state index contributed by atoms with van der Waals surface area (Å²) in [7, 11) is 0. The fourth-order valence-corrected chi connectivity index (χ4v) is 0.678.